The molecule has 0 bridgehead atoms. The topological polar surface area (TPSA) is 63.6 Å². The van der Waals surface area contributed by atoms with Crippen molar-refractivity contribution in [3.05, 3.63) is 53.0 Å². The average molecular weight is 438 g/mol. The summed E-state index contributed by atoms with van der Waals surface area (Å²) >= 11 is 1.61. The molecule has 2 aromatic heterocycles. The standard InChI is InChI=1S/C24H27N3O3S/c1-24(23(29)25-18-7-3-4-8-18)15-26-20(13-17-10-11-31-22(17)26)21(28)27(24)14-16-6-5-9-19(12-16)30-2/h5-6,9-13,18H,3-4,7-8,14-15H2,1-2H3,(H,25,29)/t24-/m0/s1. The van der Waals surface area contributed by atoms with Crippen LogP contribution in [0.5, 0.6) is 5.75 Å². The van der Waals surface area contributed by atoms with Gasteiger partial charge in [-0.1, -0.05) is 25.0 Å². The van der Waals surface area contributed by atoms with E-state index in [1.807, 2.05) is 53.3 Å². The monoisotopic (exact) mass is 437 g/mol. The first-order chi connectivity index (χ1) is 15.0. The van der Waals surface area contributed by atoms with Gasteiger partial charge in [0.25, 0.3) is 5.91 Å². The summed E-state index contributed by atoms with van der Waals surface area (Å²) < 4.78 is 7.39. The molecule has 7 heteroatoms. The number of nitrogens with one attached hydrogen (secondary N) is 1. The zero-order valence-corrected chi connectivity index (χ0v) is 18.7. The maximum Gasteiger partial charge on any atom is 0.271 e. The number of rotatable bonds is 5. The summed E-state index contributed by atoms with van der Waals surface area (Å²) in [6.07, 6.45) is 4.31. The molecule has 162 valence electrons. The van der Waals surface area contributed by atoms with Crippen LogP contribution in [0.25, 0.3) is 10.2 Å². The number of hydrogen-bond acceptors (Lipinski definition) is 4. The highest BCUT2D eigenvalue weighted by atomic mass is 32.1. The molecule has 3 aromatic rings. The summed E-state index contributed by atoms with van der Waals surface area (Å²) in [4.78, 5) is 30.1. The van der Waals surface area contributed by atoms with Crippen molar-refractivity contribution < 1.29 is 14.3 Å². The van der Waals surface area contributed by atoms with Crippen molar-refractivity contribution in [2.24, 2.45) is 0 Å². The van der Waals surface area contributed by atoms with Crippen LogP contribution in [0, 0.1) is 0 Å². The minimum atomic E-state index is -0.980. The van der Waals surface area contributed by atoms with E-state index in [1.54, 1.807) is 23.3 Å². The quantitative estimate of drug-likeness (QED) is 0.651. The van der Waals surface area contributed by atoms with E-state index in [-0.39, 0.29) is 17.9 Å². The number of aromatic nitrogens is 1. The average Bonchev–Trinajstić information content (AvgIpc) is 3.50. The number of hydrogen-bond donors (Lipinski definition) is 1. The maximum atomic E-state index is 13.7. The molecule has 1 fully saturated rings. The molecule has 2 amide bonds. The Labute approximate surface area is 185 Å². The number of nitrogens with zero attached hydrogens (tertiary/aromatic N) is 2. The SMILES string of the molecule is COc1cccc(CN2C(=O)c3cc4ccsc4n3C[C@@]2(C)C(=O)NC2CCCC2)c1. The van der Waals surface area contributed by atoms with E-state index >= 15 is 0 Å². The van der Waals surface area contributed by atoms with Crippen molar-refractivity contribution >= 4 is 33.4 Å². The minimum absolute atomic E-state index is 0.0697. The molecule has 6 nitrogen and oxygen atoms in total. The summed E-state index contributed by atoms with van der Waals surface area (Å²) in [6, 6.07) is 11.9. The number of carbonyl (C=O) groups excluding carboxylic acids is 2. The molecule has 0 radical (unpaired) electrons. The van der Waals surface area contributed by atoms with Crippen molar-refractivity contribution in [1.29, 1.82) is 0 Å². The van der Waals surface area contributed by atoms with Crippen molar-refractivity contribution in [2.75, 3.05) is 7.11 Å². The fraction of sp³-hybridized carbons (Fsp3) is 0.417. The lowest BCUT2D eigenvalue weighted by Crippen LogP contribution is -2.64. The van der Waals surface area contributed by atoms with Crippen LogP contribution in [0.1, 0.15) is 48.7 Å². The van der Waals surface area contributed by atoms with E-state index < -0.39 is 5.54 Å². The summed E-state index contributed by atoms with van der Waals surface area (Å²) in [6.45, 7) is 2.70. The predicted molar refractivity (Wildman–Crippen MR) is 121 cm³/mol. The van der Waals surface area contributed by atoms with E-state index in [0.29, 0.717) is 18.8 Å². The van der Waals surface area contributed by atoms with Crippen molar-refractivity contribution in [1.82, 2.24) is 14.8 Å². The van der Waals surface area contributed by atoms with Crippen LogP contribution in [0.2, 0.25) is 0 Å². The van der Waals surface area contributed by atoms with Gasteiger partial charge in [0.15, 0.2) is 0 Å². The fourth-order valence-electron chi connectivity index (χ4n) is 4.87. The zero-order valence-electron chi connectivity index (χ0n) is 17.9. The molecular weight excluding hydrogens is 410 g/mol. The third kappa shape index (κ3) is 3.41. The Morgan fingerprint density at radius 1 is 1.26 bits per heavy atom. The molecule has 1 aromatic carbocycles. The number of ether oxygens (including phenoxy) is 1. The molecule has 1 N–H and O–H groups in total. The third-order valence-corrected chi connectivity index (χ3v) is 7.63. The maximum absolute atomic E-state index is 13.7. The first-order valence-corrected chi connectivity index (χ1v) is 11.7. The molecule has 31 heavy (non-hydrogen) atoms. The summed E-state index contributed by atoms with van der Waals surface area (Å²) in [5.74, 6) is 0.559. The largest absolute Gasteiger partial charge is 0.497 e. The van der Waals surface area contributed by atoms with E-state index in [2.05, 4.69) is 5.32 Å². The first kappa shape index (κ1) is 20.1. The van der Waals surface area contributed by atoms with Gasteiger partial charge >= 0.3 is 0 Å². The van der Waals surface area contributed by atoms with Gasteiger partial charge in [-0.3, -0.25) is 9.59 Å². The minimum Gasteiger partial charge on any atom is -0.497 e. The molecule has 5 rings (SSSR count). The van der Waals surface area contributed by atoms with E-state index in [9.17, 15) is 9.59 Å². The Hall–Kier alpha value is -2.80. The lowest BCUT2D eigenvalue weighted by atomic mass is 9.93. The van der Waals surface area contributed by atoms with Crippen LogP contribution in [0.4, 0.5) is 0 Å². The van der Waals surface area contributed by atoms with E-state index in [1.165, 1.54) is 0 Å². The number of methoxy groups -OCH3 is 1. The van der Waals surface area contributed by atoms with Gasteiger partial charge in [0.05, 0.1) is 13.7 Å². The molecular formula is C24H27N3O3S. The Balaban J connectivity index is 1.54. The van der Waals surface area contributed by atoms with Crippen LogP contribution in [-0.2, 0) is 17.9 Å². The highest BCUT2D eigenvalue weighted by Crippen LogP contribution is 2.36. The van der Waals surface area contributed by atoms with Gasteiger partial charge in [-0.15, -0.1) is 11.3 Å². The summed E-state index contributed by atoms with van der Waals surface area (Å²) in [5.41, 5.74) is 0.608. The van der Waals surface area contributed by atoms with Crippen LogP contribution in [-0.4, -0.2) is 40.0 Å². The molecule has 1 atom stereocenters. The number of thiophene rings is 1. The van der Waals surface area contributed by atoms with E-state index in [4.69, 9.17) is 4.74 Å². The van der Waals surface area contributed by atoms with Gasteiger partial charge in [0.1, 0.15) is 21.8 Å². The Bertz CT molecular complexity index is 1140. The molecule has 2 aliphatic rings. The predicted octanol–water partition coefficient (Wildman–Crippen LogP) is 4.18. The van der Waals surface area contributed by atoms with Crippen LogP contribution in [0.15, 0.2) is 41.8 Å². The molecule has 0 saturated heterocycles. The molecule has 1 saturated carbocycles. The number of fused-ring (bicyclic) bond motifs is 3. The van der Waals surface area contributed by atoms with Gasteiger partial charge in [0, 0.05) is 18.0 Å². The first-order valence-electron chi connectivity index (χ1n) is 10.8. The lowest BCUT2D eigenvalue weighted by molar-refractivity contribution is -0.133. The summed E-state index contributed by atoms with van der Waals surface area (Å²) in [7, 11) is 1.63. The van der Waals surface area contributed by atoms with Crippen LogP contribution in [0.3, 0.4) is 0 Å². The smallest absolute Gasteiger partial charge is 0.271 e. The van der Waals surface area contributed by atoms with Crippen molar-refractivity contribution in [2.45, 2.75) is 57.3 Å². The van der Waals surface area contributed by atoms with Crippen molar-refractivity contribution in [3.8, 4) is 5.75 Å². The second-order valence-corrected chi connectivity index (χ2v) is 9.66. The number of carbonyl (C=O) groups is 2. The second-order valence-electron chi connectivity index (χ2n) is 8.77. The van der Waals surface area contributed by atoms with Gasteiger partial charge < -0.3 is 19.5 Å². The Morgan fingerprint density at radius 3 is 2.84 bits per heavy atom. The molecule has 1 aliphatic carbocycles. The highest BCUT2D eigenvalue weighted by Gasteiger charge is 2.48. The third-order valence-electron chi connectivity index (χ3n) is 6.68. The Morgan fingerprint density at radius 2 is 2.06 bits per heavy atom. The van der Waals surface area contributed by atoms with E-state index in [0.717, 1.165) is 47.2 Å². The van der Waals surface area contributed by atoms with Gasteiger partial charge in [-0.25, -0.2) is 0 Å². The zero-order chi connectivity index (χ0) is 21.6. The van der Waals surface area contributed by atoms with Crippen LogP contribution < -0.4 is 10.1 Å². The molecule has 0 spiro atoms. The number of benzene rings is 1. The molecule has 1 aliphatic heterocycles. The van der Waals surface area contributed by atoms with Gasteiger partial charge in [0.2, 0.25) is 5.91 Å². The number of amides is 2. The highest BCUT2D eigenvalue weighted by molar-refractivity contribution is 7.16. The fourth-order valence-corrected chi connectivity index (χ4v) is 5.77. The summed E-state index contributed by atoms with van der Waals surface area (Å²) in [5, 5.41) is 6.33. The normalized spacial score (nSPS) is 21.5. The second kappa shape index (κ2) is 7.71. The van der Waals surface area contributed by atoms with Gasteiger partial charge in [-0.05, 0) is 55.0 Å². The lowest BCUT2D eigenvalue weighted by Gasteiger charge is -2.44. The van der Waals surface area contributed by atoms with Crippen LogP contribution >= 0.6 is 11.3 Å². The van der Waals surface area contributed by atoms with Crippen molar-refractivity contribution in [3.63, 3.8) is 0 Å². The Kier molecular flexibility index (Phi) is 5.01. The van der Waals surface area contributed by atoms with Gasteiger partial charge in [-0.2, -0.15) is 0 Å². The molecule has 0 unspecified atom stereocenters. The molecule has 3 heterocycles.